The number of hydrogen-bond donors (Lipinski definition) is 1. The molecule has 6 heteroatoms. The molecule has 0 spiro atoms. The second-order valence-corrected chi connectivity index (χ2v) is 7.94. The van der Waals surface area contributed by atoms with Gasteiger partial charge >= 0.3 is 0 Å². The minimum Gasteiger partial charge on any atom is -0.507 e. The summed E-state index contributed by atoms with van der Waals surface area (Å²) in [5.41, 5.74) is 2.68. The van der Waals surface area contributed by atoms with Crippen molar-refractivity contribution in [1.82, 2.24) is 0 Å². The smallest absolute Gasteiger partial charge is 0.300 e. The zero-order valence-corrected chi connectivity index (χ0v) is 17.5. The molecule has 0 bridgehead atoms. The molecule has 1 fully saturated rings. The third-order valence-electron chi connectivity index (χ3n) is 5.06. The Labute approximate surface area is 184 Å². The molecule has 30 heavy (non-hydrogen) atoms. The molecule has 1 heterocycles. The Bertz CT molecular complexity index is 1150. The van der Waals surface area contributed by atoms with Gasteiger partial charge in [0, 0.05) is 21.3 Å². The summed E-state index contributed by atoms with van der Waals surface area (Å²) in [6, 6.07) is 19.8. The van der Waals surface area contributed by atoms with Crippen LogP contribution in [0.4, 0.5) is 5.69 Å². The molecule has 1 aliphatic rings. The number of rotatable bonds is 3. The Kier molecular flexibility index (Phi) is 5.37. The zero-order chi connectivity index (χ0) is 21.4. The third-order valence-corrected chi connectivity index (χ3v) is 5.56. The van der Waals surface area contributed by atoms with Crippen molar-refractivity contribution in [1.29, 1.82) is 0 Å². The number of benzene rings is 3. The van der Waals surface area contributed by atoms with E-state index in [2.05, 4.69) is 0 Å². The normalized spacial score (nSPS) is 18.1. The van der Waals surface area contributed by atoms with Gasteiger partial charge in [-0.3, -0.25) is 14.5 Å². The molecular formula is C24H17Cl2NO3. The van der Waals surface area contributed by atoms with E-state index >= 15 is 0 Å². The molecule has 1 aliphatic heterocycles. The van der Waals surface area contributed by atoms with Crippen LogP contribution in [0.2, 0.25) is 10.0 Å². The quantitative estimate of drug-likeness (QED) is 0.313. The van der Waals surface area contributed by atoms with Gasteiger partial charge in [0.15, 0.2) is 0 Å². The average Bonchev–Trinajstić information content (AvgIpc) is 3.00. The number of amides is 1. The summed E-state index contributed by atoms with van der Waals surface area (Å²) in [6.07, 6.45) is 0. The minimum absolute atomic E-state index is 0.0187. The first kappa shape index (κ1) is 20.2. The van der Waals surface area contributed by atoms with Crippen LogP contribution in [0.5, 0.6) is 0 Å². The maximum absolute atomic E-state index is 13.0. The second-order valence-electron chi connectivity index (χ2n) is 7.06. The first-order valence-electron chi connectivity index (χ1n) is 9.26. The van der Waals surface area contributed by atoms with Gasteiger partial charge in [-0.1, -0.05) is 53.0 Å². The zero-order valence-electron chi connectivity index (χ0n) is 16.0. The molecule has 1 atom stereocenters. The Morgan fingerprint density at radius 2 is 1.37 bits per heavy atom. The molecule has 0 aliphatic carbocycles. The monoisotopic (exact) mass is 437 g/mol. The molecule has 0 radical (unpaired) electrons. The molecule has 1 amide bonds. The maximum atomic E-state index is 13.0. The number of ketones is 1. The number of anilines is 1. The first-order chi connectivity index (χ1) is 14.4. The van der Waals surface area contributed by atoms with E-state index in [-0.39, 0.29) is 11.3 Å². The number of nitrogens with zero attached hydrogens (tertiary/aromatic N) is 1. The molecule has 1 N–H and O–H groups in total. The average molecular weight is 438 g/mol. The molecule has 4 nitrogen and oxygen atoms in total. The van der Waals surface area contributed by atoms with Crippen molar-refractivity contribution in [2.45, 2.75) is 13.0 Å². The predicted molar refractivity (Wildman–Crippen MR) is 119 cm³/mol. The summed E-state index contributed by atoms with van der Waals surface area (Å²) in [4.78, 5) is 27.5. The van der Waals surface area contributed by atoms with E-state index in [1.165, 1.54) is 4.90 Å². The van der Waals surface area contributed by atoms with Gasteiger partial charge < -0.3 is 5.11 Å². The Hall–Kier alpha value is -3.08. The van der Waals surface area contributed by atoms with Crippen LogP contribution >= 0.6 is 23.2 Å². The van der Waals surface area contributed by atoms with Crippen molar-refractivity contribution in [2.24, 2.45) is 0 Å². The van der Waals surface area contributed by atoms with Gasteiger partial charge in [-0.15, -0.1) is 0 Å². The largest absolute Gasteiger partial charge is 0.507 e. The lowest BCUT2D eigenvalue weighted by molar-refractivity contribution is -0.132. The molecule has 3 aromatic carbocycles. The van der Waals surface area contributed by atoms with Crippen LogP contribution in [0.1, 0.15) is 22.7 Å². The highest BCUT2D eigenvalue weighted by atomic mass is 35.5. The van der Waals surface area contributed by atoms with Gasteiger partial charge in [-0.2, -0.15) is 0 Å². The fraction of sp³-hybridized carbons (Fsp3) is 0.0833. The van der Waals surface area contributed by atoms with E-state index in [1.807, 2.05) is 19.1 Å². The third kappa shape index (κ3) is 3.60. The molecule has 150 valence electrons. The maximum Gasteiger partial charge on any atom is 0.300 e. The molecule has 3 aromatic rings. The van der Waals surface area contributed by atoms with Gasteiger partial charge in [0.1, 0.15) is 5.76 Å². The van der Waals surface area contributed by atoms with Crippen molar-refractivity contribution in [3.63, 3.8) is 0 Å². The SMILES string of the molecule is Cc1ccc(N2C(=O)C(=O)C(=C(O)c3ccc(Cl)cc3)[C@H]2c2ccc(Cl)cc2)cc1. The van der Waals surface area contributed by atoms with Crippen LogP contribution in [-0.2, 0) is 9.59 Å². The van der Waals surface area contributed by atoms with E-state index in [1.54, 1.807) is 60.7 Å². The predicted octanol–water partition coefficient (Wildman–Crippen LogP) is 5.93. The highest BCUT2D eigenvalue weighted by molar-refractivity contribution is 6.51. The molecule has 0 saturated carbocycles. The molecule has 0 aromatic heterocycles. The van der Waals surface area contributed by atoms with Crippen molar-refractivity contribution >= 4 is 46.3 Å². The number of Topliss-reactive ketones (excluding diaryl/α,β-unsaturated/α-hetero) is 1. The highest BCUT2D eigenvalue weighted by Crippen LogP contribution is 2.42. The first-order valence-corrected chi connectivity index (χ1v) is 10.0. The summed E-state index contributed by atoms with van der Waals surface area (Å²) in [5, 5.41) is 12.0. The highest BCUT2D eigenvalue weighted by Gasteiger charge is 2.46. The number of carbonyl (C=O) groups excluding carboxylic acids is 2. The Balaban J connectivity index is 1.93. The van der Waals surface area contributed by atoms with Gasteiger partial charge in [-0.25, -0.2) is 0 Å². The summed E-state index contributed by atoms with van der Waals surface area (Å²) in [7, 11) is 0. The summed E-state index contributed by atoms with van der Waals surface area (Å²) in [6.45, 7) is 1.94. The Morgan fingerprint density at radius 1 is 0.833 bits per heavy atom. The van der Waals surface area contributed by atoms with Crippen molar-refractivity contribution in [3.8, 4) is 0 Å². The summed E-state index contributed by atoms with van der Waals surface area (Å²) < 4.78 is 0. The van der Waals surface area contributed by atoms with Crippen molar-refractivity contribution in [2.75, 3.05) is 4.90 Å². The summed E-state index contributed by atoms with van der Waals surface area (Å²) >= 11 is 12.0. The number of carbonyl (C=O) groups is 2. The van der Waals surface area contributed by atoms with E-state index in [0.717, 1.165) is 5.56 Å². The van der Waals surface area contributed by atoms with Crippen LogP contribution in [0.3, 0.4) is 0 Å². The van der Waals surface area contributed by atoms with Crippen LogP contribution in [0.25, 0.3) is 5.76 Å². The van der Waals surface area contributed by atoms with Crippen LogP contribution < -0.4 is 4.90 Å². The number of hydrogen-bond acceptors (Lipinski definition) is 3. The van der Waals surface area contributed by atoms with Gasteiger partial charge in [0.25, 0.3) is 11.7 Å². The molecular weight excluding hydrogens is 421 g/mol. The van der Waals surface area contributed by atoms with Gasteiger partial charge in [0.05, 0.1) is 11.6 Å². The number of aliphatic hydroxyl groups is 1. The lowest BCUT2D eigenvalue weighted by Gasteiger charge is -2.25. The van der Waals surface area contributed by atoms with Crippen LogP contribution in [-0.4, -0.2) is 16.8 Å². The standard InChI is InChI=1S/C24H17Cl2NO3/c1-14-2-12-19(13-3-14)27-21(15-4-8-17(25)9-5-15)20(23(29)24(27)30)22(28)16-6-10-18(26)11-7-16/h2-13,21,28H,1H3/t21-/m1/s1. The molecule has 0 unspecified atom stereocenters. The lowest BCUT2D eigenvalue weighted by Crippen LogP contribution is -2.29. The van der Waals surface area contributed by atoms with Gasteiger partial charge in [0.2, 0.25) is 0 Å². The lowest BCUT2D eigenvalue weighted by atomic mass is 9.95. The van der Waals surface area contributed by atoms with Crippen LogP contribution in [0, 0.1) is 6.92 Å². The summed E-state index contributed by atoms with van der Waals surface area (Å²) in [5.74, 6) is -1.70. The van der Waals surface area contributed by atoms with E-state index < -0.39 is 17.7 Å². The van der Waals surface area contributed by atoms with E-state index in [4.69, 9.17) is 23.2 Å². The van der Waals surface area contributed by atoms with Crippen LogP contribution in [0.15, 0.2) is 78.4 Å². The number of halogens is 2. The Morgan fingerprint density at radius 3 is 1.93 bits per heavy atom. The fourth-order valence-electron chi connectivity index (χ4n) is 3.53. The number of aryl methyl sites for hydroxylation is 1. The van der Waals surface area contributed by atoms with Crippen molar-refractivity contribution in [3.05, 3.63) is 105 Å². The number of aliphatic hydroxyl groups excluding tert-OH is 1. The van der Waals surface area contributed by atoms with Gasteiger partial charge in [-0.05, 0) is 61.0 Å². The second kappa shape index (κ2) is 7.98. The minimum atomic E-state index is -0.791. The molecule has 4 rings (SSSR count). The van der Waals surface area contributed by atoms with E-state index in [0.29, 0.717) is 26.9 Å². The van der Waals surface area contributed by atoms with E-state index in [9.17, 15) is 14.7 Å². The molecule has 1 saturated heterocycles. The topological polar surface area (TPSA) is 57.6 Å². The fourth-order valence-corrected chi connectivity index (χ4v) is 3.78. The van der Waals surface area contributed by atoms with Crippen molar-refractivity contribution < 1.29 is 14.7 Å².